The number of benzene rings is 1. The van der Waals surface area contributed by atoms with Crippen LogP contribution < -0.4 is 16.8 Å². The van der Waals surface area contributed by atoms with Crippen molar-refractivity contribution in [2.24, 2.45) is 21.5 Å². The predicted molar refractivity (Wildman–Crippen MR) is 74.3 cm³/mol. The lowest BCUT2D eigenvalue weighted by Gasteiger charge is -2.09. The summed E-state index contributed by atoms with van der Waals surface area (Å²) < 4.78 is 0. The minimum absolute atomic E-state index is 0.0271. The van der Waals surface area contributed by atoms with Crippen LogP contribution in [0, 0.1) is 0 Å². The highest BCUT2D eigenvalue weighted by Crippen LogP contribution is 2.33. The molecule has 0 saturated heterocycles. The number of anilines is 1. The van der Waals surface area contributed by atoms with Crippen LogP contribution in [0.2, 0.25) is 15.1 Å². The number of aliphatic imine (C=N–C) groups is 2. The summed E-state index contributed by atoms with van der Waals surface area (Å²) in [6.45, 7) is 0. The average Bonchev–Trinajstić information content (AvgIpc) is 2.23. The van der Waals surface area contributed by atoms with Crippen molar-refractivity contribution in [1.29, 1.82) is 0 Å². The fourth-order valence-corrected chi connectivity index (χ4v) is 1.90. The zero-order valence-electron chi connectivity index (χ0n) is 8.84. The summed E-state index contributed by atoms with van der Waals surface area (Å²) in [5.74, 6) is 0.0652. The fourth-order valence-electron chi connectivity index (χ4n) is 0.991. The van der Waals surface area contributed by atoms with E-state index in [-0.39, 0.29) is 11.9 Å². The van der Waals surface area contributed by atoms with Gasteiger partial charge >= 0.3 is 0 Å². The standard InChI is InChI=1S/C9H10Cl3N5/c1-15-8(13)17-9(14)16-7-5(11)2-4(10)3-6(7)12/h2-3H,1H3,(H5,13,14,15,16,17). The van der Waals surface area contributed by atoms with Crippen molar-refractivity contribution in [2.75, 3.05) is 12.4 Å². The summed E-state index contributed by atoms with van der Waals surface area (Å²) in [6, 6.07) is 3.06. The van der Waals surface area contributed by atoms with Gasteiger partial charge in [-0.1, -0.05) is 34.8 Å². The first-order chi connectivity index (χ1) is 7.93. The normalized spacial score (nSPS) is 12.7. The smallest absolute Gasteiger partial charge is 0.218 e. The SMILES string of the molecule is CN=C(N)/N=C(\N)Nc1c(Cl)cc(Cl)cc1Cl. The number of nitrogens with two attached hydrogens (primary N) is 2. The van der Waals surface area contributed by atoms with Gasteiger partial charge in [0, 0.05) is 12.1 Å². The molecular formula is C9H10Cl3N5. The first kappa shape index (κ1) is 13.9. The lowest BCUT2D eigenvalue weighted by molar-refractivity contribution is 1.34. The number of rotatable bonds is 1. The van der Waals surface area contributed by atoms with E-state index >= 15 is 0 Å². The third kappa shape index (κ3) is 3.96. The van der Waals surface area contributed by atoms with E-state index in [1.807, 2.05) is 0 Å². The number of halogens is 3. The van der Waals surface area contributed by atoms with Crippen molar-refractivity contribution in [1.82, 2.24) is 0 Å². The summed E-state index contributed by atoms with van der Waals surface area (Å²) >= 11 is 17.7. The van der Waals surface area contributed by atoms with E-state index in [0.717, 1.165) is 0 Å². The Balaban J connectivity index is 3.00. The lowest BCUT2D eigenvalue weighted by Crippen LogP contribution is -2.26. The van der Waals surface area contributed by atoms with Crippen molar-refractivity contribution in [2.45, 2.75) is 0 Å². The summed E-state index contributed by atoms with van der Waals surface area (Å²) in [6.07, 6.45) is 0. The highest BCUT2D eigenvalue weighted by atomic mass is 35.5. The van der Waals surface area contributed by atoms with Crippen molar-refractivity contribution in [3.8, 4) is 0 Å². The molecule has 0 unspecified atom stereocenters. The Labute approximate surface area is 113 Å². The van der Waals surface area contributed by atoms with Crippen LogP contribution >= 0.6 is 34.8 Å². The third-order valence-electron chi connectivity index (χ3n) is 1.72. The van der Waals surface area contributed by atoms with E-state index in [9.17, 15) is 0 Å². The van der Waals surface area contributed by atoms with Crippen LogP contribution in [0.25, 0.3) is 0 Å². The van der Waals surface area contributed by atoms with Crippen LogP contribution in [-0.4, -0.2) is 19.0 Å². The van der Waals surface area contributed by atoms with Gasteiger partial charge < -0.3 is 16.8 Å². The molecule has 0 amide bonds. The topological polar surface area (TPSA) is 88.8 Å². The van der Waals surface area contributed by atoms with Gasteiger partial charge in [-0.3, -0.25) is 4.99 Å². The highest BCUT2D eigenvalue weighted by Gasteiger charge is 2.08. The molecule has 0 aromatic heterocycles. The third-order valence-corrected chi connectivity index (χ3v) is 2.54. The molecule has 92 valence electrons. The molecule has 0 heterocycles. The zero-order valence-corrected chi connectivity index (χ0v) is 11.1. The van der Waals surface area contributed by atoms with Crippen LogP contribution in [0.1, 0.15) is 0 Å². The minimum Gasteiger partial charge on any atom is -0.369 e. The van der Waals surface area contributed by atoms with Gasteiger partial charge in [0.25, 0.3) is 0 Å². The largest absolute Gasteiger partial charge is 0.369 e. The molecular weight excluding hydrogens is 284 g/mol. The Bertz CT molecular complexity index is 461. The van der Waals surface area contributed by atoms with Crippen LogP contribution in [0.3, 0.4) is 0 Å². The van der Waals surface area contributed by atoms with Crippen LogP contribution in [-0.2, 0) is 0 Å². The van der Waals surface area contributed by atoms with Gasteiger partial charge in [-0.05, 0) is 12.1 Å². The summed E-state index contributed by atoms with van der Waals surface area (Å²) in [4.78, 5) is 7.39. The number of nitrogens with one attached hydrogen (secondary N) is 1. The number of guanidine groups is 2. The van der Waals surface area contributed by atoms with Crippen LogP contribution in [0.15, 0.2) is 22.1 Å². The Kier molecular flexibility index (Phi) is 4.86. The van der Waals surface area contributed by atoms with Gasteiger partial charge in [-0.2, -0.15) is 4.99 Å². The van der Waals surface area contributed by atoms with Gasteiger partial charge in [0.05, 0.1) is 15.7 Å². The molecule has 8 heteroatoms. The average molecular weight is 295 g/mol. The summed E-state index contributed by atoms with van der Waals surface area (Å²) in [7, 11) is 1.49. The fraction of sp³-hybridized carbons (Fsp3) is 0.111. The zero-order chi connectivity index (χ0) is 13.0. The Morgan fingerprint density at radius 3 is 2.18 bits per heavy atom. The Morgan fingerprint density at radius 1 is 1.18 bits per heavy atom. The Hall–Kier alpha value is -1.17. The molecule has 5 N–H and O–H groups in total. The maximum Gasteiger partial charge on any atom is 0.218 e. The number of hydrogen-bond acceptors (Lipinski definition) is 1. The molecule has 0 aliphatic heterocycles. The molecule has 0 aliphatic carbocycles. The van der Waals surface area contributed by atoms with Crippen molar-refractivity contribution in [3.05, 3.63) is 27.2 Å². The minimum atomic E-state index is 0.0271. The molecule has 0 bridgehead atoms. The second kappa shape index (κ2) is 5.95. The molecule has 0 spiro atoms. The number of nitrogens with zero attached hydrogens (tertiary/aromatic N) is 2. The molecule has 0 radical (unpaired) electrons. The van der Waals surface area contributed by atoms with E-state index in [0.29, 0.717) is 20.8 Å². The molecule has 1 aromatic rings. The van der Waals surface area contributed by atoms with Gasteiger partial charge in [0.1, 0.15) is 0 Å². The number of hydrogen-bond donors (Lipinski definition) is 3. The molecule has 17 heavy (non-hydrogen) atoms. The predicted octanol–water partition coefficient (Wildman–Crippen LogP) is 2.32. The van der Waals surface area contributed by atoms with E-state index in [4.69, 9.17) is 46.3 Å². The first-order valence-electron chi connectivity index (χ1n) is 4.42. The van der Waals surface area contributed by atoms with E-state index in [1.165, 1.54) is 19.2 Å². The molecule has 0 atom stereocenters. The second-order valence-electron chi connectivity index (χ2n) is 2.95. The van der Waals surface area contributed by atoms with Crippen molar-refractivity contribution >= 4 is 52.4 Å². The maximum absolute atomic E-state index is 5.95. The molecule has 0 saturated carbocycles. The molecule has 1 rings (SSSR count). The molecule has 5 nitrogen and oxygen atoms in total. The van der Waals surface area contributed by atoms with Gasteiger partial charge in [0.2, 0.25) is 11.9 Å². The van der Waals surface area contributed by atoms with E-state index in [2.05, 4.69) is 15.3 Å². The quantitative estimate of drug-likeness (QED) is 0.548. The van der Waals surface area contributed by atoms with Crippen LogP contribution in [0.5, 0.6) is 0 Å². The maximum atomic E-state index is 5.95. The monoisotopic (exact) mass is 293 g/mol. The molecule has 1 aromatic carbocycles. The van der Waals surface area contributed by atoms with Crippen molar-refractivity contribution < 1.29 is 0 Å². The Morgan fingerprint density at radius 2 is 1.71 bits per heavy atom. The van der Waals surface area contributed by atoms with E-state index in [1.54, 1.807) is 0 Å². The second-order valence-corrected chi connectivity index (χ2v) is 4.20. The van der Waals surface area contributed by atoms with Gasteiger partial charge in [-0.25, -0.2) is 0 Å². The summed E-state index contributed by atoms with van der Waals surface area (Å²) in [5.41, 5.74) is 11.4. The molecule has 0 aliphatic rings. The van der Waals surface area contributed by atoms with Gasteiger partial charge in [-0.15, -0.1) is 0 Å². The molecule has 0 fully saturated rings. The summed E-state index contributed by atoms with van der Waals surface area (Å²) in [5, 5.41) is 3.79. The van der Waals surface area contributed by atoms with Crippen LogP contribution in [0.4, 0.5) is 5.69 Å². The van der Waals surface area contributed by atoms with E-state index < -0.39 is 0 Å². The van der Waals surface area contributed by atoms with Gasteiger partial charge in [0.15, 0.2) is 0 Å². The highest BCUT2D eigenvalue weighted by molar-refractivity contribution is 6.42. The lowest BCUT2D eigenvalue weighted by atomic mass is 10.3. The van der Waals surface area contributed by atoms with Crippen molar-refractivity contribution in [3.63, 3.8) is 0 Å². The first-order valence-corrected chi connectivity index (χ1v) is 5.55.